The molecule has 5 heteroatoms. The molecule has 27 heavy (non-hydrogen) atoms. The van der Waals surface area contributed by atoms with Crippen molar-refractivity contribution in [3.05, 3.63) is 65.2 Å². The van der Waals surface area contributed by atoms with Crippen LogP contribution >= 0.6 is 11.3 Å². The molecule has 2 aromatic carbocycles. The van der Waals surface area contributed by atoms with E-state index < -0.39 is 0 Å². The van der Waals surface area contributed by atoms with Crippen molar-refractivity contribution in [3.8, 4) is 16.3 Å². The zero-order valence-electron chi connectivity index (χ0n) is 15.9. The van der Waals surface area contributed by atoms with Crippen LogP contribution in [0.15, 0.2) is 53.9 Å². The average molecular weight is 380 g/mol. The van der Waals surface area contributed by atoms with Gasteiger partial charge in [-0.25, -0.2) is 4.98 Å². The fourth-order valence-electron chi connectivity index (χ4n) is 3.41. The minimum absolute atomic E-state index is 0.918. The van der Waals surface area contributed by atoms with Gasteiger partial charge >= 0.3 is 0 Å². The van der Waals surface area contributed by atoms with Crippen molar-refractivity contribution in [1.82, 2.24) is 9.88 Å². The molecule has 1 aliphatic heterocycles. The summed E-state index contributed by atoms with van der Waals surface area (Å²) in [5.74, 6) is 0.918. The smallest absolute Gasteiger partial charge is 0.123 e. The molecule has 0 saturated carbocycles. The van der Waals surface area contributed by atoms with E-state index in [4.69, 9.17) is 9.72 Å². The van der Waals surface area contributed by atoms with E-state index >= 15 is 0 Å². The van der Waals surface area contributed by atoms with Gasteiger partial charge in [-0.3, -0.25) is 4.90 Å². The number of benzene rings is 2. The van der Waals surface area contributed by atoms with Crippen LogP contribution in [0.5, 0.6) is 5.75 Å². The van der Waals surface area contributed by atoms with Gasteiger partial charge in [-0.2, -0.15) is 0 Å². The van der Waals surface area contributed by atoms with Crippen LogP contribution in [0.25, 0.3) is 10.6 Å². The van der Waals surface area contributed by atoms with Gasteiger partial charge < -0.3 is 9.64 Å². The van der Waals surface area contributed by atoms with Gasteiger partial charge in [-0.05, 0) is 19.1 Å². The van der Waals surface area contributed by atoms with Gasteiger partial charge in [0.2, 0.25) is 0 Å². The Hall–Kier alpha value is -2.37. The van der Waals surface area contributed by atoms with E-state index in [1.165, 1.54) is 22.5 Å². The molecule has 2 heterocycles. The quantitative estimate of drug-likeness (QED) is 0.655. The predicted molar refractivity (Wildman–Crippen MR) is 113 cm³/mol. The highest BCUT2D eigenvalue weighted by molar-refractivity contribution is 7.13. The topological polar surface area (TPSA) is 28.6 Å². The van der Waals surface area contributed by atoms with Gasteiger partial charge in [0.05, 0.1) is 12.8 Å². The summed E-state index contributed by atoms with van der Waals surface area (Å²) in [4.78, 5) is 9.77. The van der Waals surface area contributed by atoms with Gasteiger partial charge in [0.1, 0.15) is 10.8 Å². The summed E-state index contributed by atoms with van der Waals surface area (Å²) in [6, 6.07) is 16.9. The second kappa shape index (κ2) is 8.11. The molecule has 3 aromatic rings. The third-order valence-electron chi connectivity index (χ3n) is 5.03. The molecule has 0 spiro atoms. The van der Waals surface area contributed by atoms with Crippen LogP contribution in [0.4, 0.5) is 5.69 Å². The number of piperazine rings is 1. The van der Waals surface area contributed by atoms with E-state index in [2.05, 4.69) is 64.6 Å². The monoisotopic (exact) mass is 379 g/mol. The molecule has 0 N–H and O–H groups in total. The van der Waals surface area contributed by atoms with E-state index in [0.717, 1.165) is 43.5 Å². The van der Waals surface area contributed by atoms with Crippen LogP contribution < -0.4 is 9.64 Å². The van der Waals surface area contributed by atoms with Crippen molar-refractivity contribution in [2.75, 3.05) is 38.2 Å². The number of rotatable bonds is 5. The number of hydrogen-bond acceptors (Lipinski definition) is 5. The Kier molecular flexibility index (Phi) is 5.41. The van der Waals surface area contributed by atoms with Crippen LogP contribution in [-0.4, -0.2) is 43.2 Å². The van der Waals surface area contributed by atoms with Gasteiger partial charge in [0.25, 0.3) is 0 Å². The summed E-state index contributed by atoms with van der Waals surface area (Å²) in [6.07, 6.45) is 0. The Morgan fingerprint density at radius 2 is 1.81 bits per heavy atom. The zero-order chi connectivity index (χ0) is 18.6. The molecule has 0 bridgehead atoms. The SMILES string of the molecule is COc1cccc(N2CCN(Cc3csc(-c4ccc(C)cc4)n3)CC2)c1. The lowest BCUT2D eigenvalue weighted by atomic mass is 10.2. The van der Waals surface area contributed by atoms with Crippen LogP contribution in [0, 0.1) is 6.92 Å². The van der Waals surface area contributed by atoms with Crippen molar-refractivity contribution < 1.29 is 4.74 Å². The molecule has 4 rings (SSSR count). The molecule has 1 aromatic heterocycles. The zero-order valence-corrected chi connectivity index (χ0v) is 16.7. The summed E-state index contributed by atoms with van der Waals surface area (Å²) in [5, 5.41) is 3.31. The van der Waals surface area contributed by atoms with E-state index in [1.54, 1.807) is 18.4 Å². The molecule has 0 unspecified atom stereocenters. The first-order valence-electron chi connectivity index (χ1n) is 9.34. The lowest BCUT2D eigenvalue weighted by molar-refractivity contribution is 0.247. The van der Waals surface area contributed by atoms with Crippen molar-refractivity contribution in [1.29, 1.82) is 0 Å². The van der Waals surface area contributed by atoms with Gasteiger partial charge in [-0.1, -0.05) is 35.9 Å². The third-order valence-corrected chi connectivity index (χ3v) is 5.97. The first-order valence-corrected chi connectivity index (χ1v) is 10.2. The summed E-state index contributed by atoms with van der Waals surface area (Å²) in [5.41, 5.74) is 4.90. The standard InChI is InChI=1S/C22H25N3OS/c1-17-6-8-18(9-7-17)22-23-19(16-27-22)15-24-10-12-25(13-11-24)20-4-3-5-21(14-20)26-2/h3-9,14,16H,10-13,15H2,1-2H3. The predicted octanol–water partition coefficient (Wildman–Crippen LogP) is 4.45. The van der Waals surface area contributed by atoms with Gasteiger partial charge in [-0.15, -0.1) is 11.3 Å². The molecule has 0 radical (unpaired) electrons. The first kappa shape index (κ1) is 18.0. The molecular formula is C22H25N3OS. The number of thiazole rings is 1. The molecule has 1 saturated heterocycles. The molecular weight excluding hydrogens is 354 g/mol. The van der Waals surface area contributed by atoms with Crippen LogP contribution in [0.1, 0.15) is 11.3 Å². The third kappa shape index (κ3) is 4.31. The summed E-state index contributed by atoms with van der Waals surface area (Å²) >= 11 is 1.74. The largest absolute Gasteiger partial charge is 0.497 e. The number of anilines is 1. The number of ether oxygens (including phenoxy) is 1. The number of hydrogen-bond donors (Lipinski definition) is 0. The first-order chi connectivity index (χ1) is 13.2. The van der Waals surface area contributed by atoms with Crippen molar-refractivity contribution in [2.24, 2.45) is 0 Å². The number of aryl methyl sites for hydroxylation is 1. The second-order valence-corrected chi connectivity index (χ2v) is 7.83. The van der Waals surface area contributed by atoms with Gasteiger partial charge in [0, 0.05) is 55.4 Å². The summed E-state index contributed by atoms with van der Waals surface area (Å²) in [6.45, 7) is 7.20. The van der Waals surface area contributed by atoms with E-state index in [9.17, 15) is 0 Å². The Morgan fingerprint density at radius 3 is 2.56 bits per heavy atom. The maximum atomic E-state index is 5.35. The highest BCUT2D eigenvalue weighted by atomic mass is 32.1. The molecule has 1 aliphatic rings. The molecule has 1 fully saturated rings. The van der Waals surface area contributed by atoms with Crippen LogP contribution in [0.2, 0.25) is 0 Å². The number of methoxy groups -OCH3 is 1. The lowest BCUT2D eigenvalue weighted by Gasteiger charge is -2.35. The summed E-state index contributed by atoms with van der Waals surface area (Å²) < 4.78 is 5.35. The normalized spacial score (nSPS) is 15.1. The van der Waals surface area contributed by atoms with Crippen LogP contribution in [0.3, 0.4) is 0 Å². The molecule has 0 aliphatic carbocycles. The fourth-order valence-corrected chi connectivity index (χ4v) is 4.23. The number of aromatic nitrogens is 1. The maximum Gasteiger partial charge on any atom is 0.123 e. The Bertz CT molecular complexity index is 883. The van der Waals surface area contributed by atoms with Crippen molar-refractivity contribution in [3.63, 3.8) is 0 Å². The fraction of sp³-hybridized carbons (Fsp3) is 0.318. The maximum absolute atomic E-state index is 5.35. The molecule has 4 nitrogen and oxygen atoms in total. The Morgan fingerprint density at radius 1 is 1.04 bits per heavy atom. The van der Waals surface area contributed by atoms with Gasteiger partial charge in [0.15, 0.2) is 0 Å². The highest BCUT2D eigenvalue weighted by Crippen LogP contribution is 2.26. The van der Waals surface area contributed by atoms with Crippen molar-refractivity contribution >= 4 is 17.0 Å². The molecule has 140 valence electrons. The summed E-state index contributed by atoms with van der Waals surface area (Å²) in [7, 11) is 1.72. The number of nitrogens with zero attached hydrogens (tertiary/aromatic N) is 3. The minimum Gasteiger partial charge on any atom is -0.497 e. The minimum atomic E-state index is 0.918. The van der Waals surface area contributed by atoms with Crippen molar-refractivity contribution in [2.45, 2.75) is 13.5 Å². The van der Waals surface area contributed by atoms with E-state index in [1.807, 2.05) is 6.07 Å². The second-order valence-electron chi connectivity index (χ2n) is 6.97. The molecule has 0 amide bonds. The Balaban J connectivity index is 1.35. The average Bonchev–Trinajstić information content (AvgIpc) is 3.17. The molecule has 0 atom stereocenters. The van der Waals surface area contributed by atoms with E-state index in [0.29, 0.717) is 0 Å². The highest BCUT2D eigenvalue weighted by Gasteiger charge is 2.18. The van der Waals surface area contributed by atoms with Crippen LogP contribution in [-0.2, 0) is 6.54 Å². The van der Waals surface area contributed by atoms with E-state index in [-0.39, 0.29) is 0 Å². The Labute approximate surface area is 165 Å². The lowest BCUT2D eigenvalue weighted by Crippen LogP contribution is -2.46.